The number of aromatic nitrogens is 2. The molecule has 0 spiro atoms. The first-order valence-corrected chi connectivity index (χ1v) is 10.9. The minimum Gasteiger partial charge on any atom is -0.365 e. The first-order chi connectivity index (χ1) is 16.0. The molecule has 0 atom stereocenters. The summed E-state index contributed by atoms with van der Waals surface area (Å²) in [6.45, 7) is 2.07. The van der Waals surface area contributed by atoms with E-state index in [1.165, 1.54) is 6.20 Å². The molecule has 4 rings (SSSR count). The summed E-state index contributed by atoms with van der Waals surface area (Å²) in [4.78, 5) is 36.7. The summed E-state index contributed by atoms with van der Waals surface area (Å²) in [6, 6.07) is 17.2. The summed E-state index contributed by atoms with van der Waals surface area (Å²) in [7, 11) is 1.77. The van der Waals surface area contributed by atoms with E-state index in [-0.39, 0.29) is 11.6 Å². The van der Waals surface area contributed by atoms with E-state index in [9.17, 15) is 9.59 Å². The van der Waals surface area contributed by atoms with Crippen molar-refractivity contribution >= 4 is 35.1 Å². The van der Waals surface area contributed by atoms with Crippen LogP contribution >= 0.6 is 0 Å². The molecule has 1 aromatic heterocycles. The Bertz CT molecular complexity index is 1130. The predicted molar refractivity (Wildman–Crippen MR) is 129 cm³/mol. The quantitative estimate of drug-likeness (QED) is 0.512. The van der Waals surface area contributed by atoms with Gasteiger partial charge < -0.3 is 21.3 Å². The zero-order valence-corrected chi connectivity index (χ0v) is 18.5. The van der Waals surface area contributed by atoms with Crippen molar-refractivity contribution in [3.8, 4) is 0 Å². The first-order valence-electron chi connectivity index (χ1n) is 10.9. The molecule has 2 heterocycles. The van der Waals surface area contributed by atoms with E-state index in [2.05, 4.69) is 20.6 Å². The van der Waals surface area contributed by atoms with Gasteiger partial charge >= 0.3 is 6.03 Å². The van der Waals surface area contributed by atoms with Crippen molar-refractivity contribution in [1.82, 2.24) is 14.9 Å². The van der Waals surface area contributed by atoms with Gasteiger partial charge in [-0.1, -0.05) is 36.4 Å². The maximum absolute atomic E-state index is 12.7. The number of urea groups is 1. The lowest BCUT2D eigenvalue weighted by Crippen LogP contribution is -2.39. The molecule has 3 amide bonds. The number of nitrogens with two attached hydrogens (primary N) is 1. The molecule has 0 bridgehead atoms. The molecular formula is C24H27N7O2. The van der Waals surface area contributed by atoms with Crippen molar-refractivity contribution in [2.75, 3.05) is 35.7 Å². The molecule has 3 aromatic rings. The van der Waals surface area contributed by atoms with Crippen LogP contribution in [0.25, 0.3) is 0 Å². The summed E-state index contributed by atoms with van der Waals surface area (Å²) in [5.41, 5.74) is 8.22. The van der Waals surface area contributed by atoms with Crippen molar-refractivity contribution in [2.24, 2.45) is 5.73 Å². The molecular weight excluding hydrogens is 418 g/mol. The average Bonchev–Trinajstić information content (AvgIpc) is 3.38. The number of rotatable bonds is 7. The first kappa shape index (κ1) is 22.1. The van der Waals surface area contributed by atoms with Gasteiger partial charge in [-0.3, -0.25) is 9.69 Å². The minimum atomic E-state index is -0.610. The summed E-state index contributed by atoms with van der Waals surface area (Å²) >= 11 is 0. The average molecular weight is 446 g/mol. The second-order valence-electron chi connectivity index (χ2n) is 7.87. The Morgan fingerprint density at radius 2 is 1.85 bits per heavy atom. The molecule has 2 aromatic carbocycles. The van der Waals surface area contributed by atoms with Crippen LogP contribution in [0.5, 0.6) is 0 Å². The largest absolute Gasteiger partial charge is 0.365 e. The second kappa shape index (κ2) is 9.99. The van der Waals surface area contributed by atoms with E-state index in [4.69, 9.17) is 5.73 Å². The molecule has 33 heavy (non-hydrogen) atoms. The predicted octanol–water partition coefficient (Wildman–Crippen LogP) is 3.58. The second-order valence-corrected chi connectivity index (χ2v) is 7.87. The number of hydrogen-bond donors (Lipinski definition) is 3. The maximum atomic E-state index is 12.7. The zero-order valence-electron chi connectivity index (χ0n) is 18.5. The molecule has 0 saturated carbocycles. The molecule has 9 nitrogen and oxygen atoms in total. The molecule has 4 N–H and O–H groups in total. The minimum absolute atomic E-state index is 0.0147. The fraction of sp³-hybridized carbons (Fsp3) is 0.250. The lowest BCUT2D eigenvalue weighted by atomic mass is 10.2. The van der Waals surface area contributed by atoms with Gasteiger partial charge in [-0.05, 0) is 36.6 Å². The summed E-state index contributed by atoms with van der Waals surface area (Å²) < 4.78 is 0. The highest BCUT2D eigenvalue weighted by atomic mass is 16.2. The normalized spacial score (nSPS) is 12.9. The van der Waals surface area contributed by atoms with Gasteiger partial charge in [0.15, 0.2) is 0 Å². The number of likely N-dealkylation sites (tertiary alicyclic amines) is 1. The number of nitrogens with zero attached hydrogens (tertiary/aromatic N) is 4. The van der Waals surface area contributed by atoms with E-state index >= 15 is 0 Å². The Kier molecular flexibility index (Phi) is 6.68. The molecule has 1 fully saturated rings. The lowest BCUT2D eigenvalue weighted by molar-refractivity contribution is 0.100. The Morgan fingerprint density at radius 3 is 2.58 bits per heavy atom. The topological polar surface area (TPSA) is 116 Å². The van der Waals surface area contributed by atoms with Gasteiger partial charge in [0.25, 0.3) is 5.91 Å². The monoisotopic (exact) mass is 445 g/mol. The van der Waals surface area contributed by atoms with Crippen LogP contribution in [0.1, 0.15) is 28.8 Å². The van der Waals surface area contributed by atoms with Gasteiger partial charge in [-0.25, -0.2) is 9.78 Å². The maximum Gasteiger partial charge on any atom is 0.324 e. The summed E-state index contributed by atoms with van der Waals surface area (Å²) in [6.07, 6.45) is 3.48. The van der Waals surface area contributed by atoms with E-state index in [1.54, 1.807) is 11.9 Å². The molecule has 1 aliphatic heterocycles. The van der Waals surface area contributed by atoms with E-state index in [0.29, 0.717) is 18.3 Å². The third-order valence-electron chi connectivity index (χ3n) is 5.51. The number of carbonyl (C=O) groups is 2. The molecule has 0 unspecified atom stereocenters. The van der Waals surface area contributed by atoms with E-state index in [1.807, 2.05) is 59.5 Å². The molecule has 170 valence electrons. The number of hydrogen-bond acceptors (Lipinski definition) is 6. The number of primary amides is 1. The highest BCUT2D eigenvalue weighted by molar-refractivity contribution is 5.97. The van der Waals surface area contributed by atoms with Gasteiger partial charge in [0.2, 0.25) is 5.95 Å². The number of benzene rings is 2. The third kappa shape index (κ3) is 5.38. The van der Waals surface area contributed by atoms with Crippen molar-refractivity contribution in [1.29, 1.82) is 0 Å². The SMILES string of the molecule is CN(C(=O)N1CCCC1)c1cccc(Nc2ncc(C(N)=O)c(NCc3ccccc3)n2)c1. The van der Waals surface area contributed by atoms with Crippen molar-refractivity contribution in [3.05, 3.63) is 71.9 Å². The van der Waals surface area contributed by atoms with Gasteiger partial charge in [0, 0.05) is 44.3 Å². The summed E-state index contributed by atoms with van der Waals surface area (Å²) in [5, 5.41) is 6.31. The van der Waals surface area contributed by atoms with Crippen LogP contribution in [-0.4, -0.2) is 46.9 Å². The van der Waals surface area contributed by atoms with Crippen molar-refractivity contribution in [3.63, 3.8) is 0 Å². The molecule has 1 aliphatic rings. The van der Waals surface area contributed by atoms with Gasteiger partial charge in [-0.15, -0.1) is 0 Å². The zero-order chi connectivity index (χ0) is 23.2. The summed E-state index contributed by atoms with van der Waals surface area (Å²) in [5.74, 6) is 0.0451. The van der Waals surface area contributed by atoms with E-state index < -0.39 is 5.91 Å². The molecule has 0 radical (unpaired) electrons. The van der Waals surface area contributed by atoms with Crippen LogP contribution in [-0.2, 0) is 6.54 Å². The van der Waals surface area contributed by atoms with Gasteiger partial charge in [-0.2, -0.15) is 4.98 Å². The van der Waals surface area contributed by atoms with Crippen LogP contribution in [0.15, 0.2) is 60.8 Å². The fourth-order valence-corrected chi connectivity index (χ4v) is 3.69. The van der Waals surface area contributed by atoms with Crippen LogP contribution in [0.4, 0.5) is 27.9 Å². The Hall–Kier alpha value is -4.14. The third-order valence-corrected chi connectivity index (χ3v) is 5.51. The van der Waals surface area contributed by atoms with Gasteiger partial charge in [0.1, 0.15) is 5.82 Å². The van der Waals surface area contributed by atoms with Gasteiger partial charge in [0.05, 0.1) is 5.56 Å². The smallest absolute Gasteiger partial charge is 0.324 e. The Morgan fingerprint density at radius 1 is 1.09 bits per heavy atom. The highest BCUT2D eigenvalue weighted by Crippen LogP contribution is 2.24. The lowest BCUT2D eigenvalue weighted by Gasteiger charge is -2.24. The number of amides is 3. The standard InChI is InChI=1S/C24H27N7O2/c1-30(24(33)31-12-5-6-13-31)19-11-7-10-18(14-19)28-23-27-16-20(21(25)32)22(29-23)26-15-17-8-3-2-4-9-17/h2-4,7-11,14,16H,5-6,12-13,15H2,1H3,(H2,25,32)(H2,26,27,28,29). The Balaban J connectivity index is 1.50. The molecule has 1 saturated heterocycles. The highest BCUT2D eigenvalue weighted by Gasteiger charge is 2.22. The Labute approximate surface area is 192 Å². The van der Waals surface area contributed by atoms with Crippen molar-refractivity contribution < 1.29 is 9.59 Å². The number of carbonyl (C=O) groups excluding carboxylic acids is 2. The fourth-order valence-electron chi connectivity index (χ4n) is 3.69. The van der Waals surface area contributed by atoms with Crippen molar-refractivity contribution in [2.45, 2.75) is 19.4 Å². The van der Waals surface area contributed by atoms with Crippen LogP contribution < -0.4 is 21.3 Å². The van der Waals surface area contributed by atoms with E-state index in [0.717, 1.165) is 42.9 Å². The van der Waals surface area contributed by atoms with Crippen LogP contribution in [0.3, 0.4) is 0 Å². The molecule has 0 aliphatic carbocycles. The number of nitrogens with one attached hydrogen (secondary N) is 2. The molecule has 9 heteroatoms. The van der Waals surface area contributed by atoms with Crippen LogP contribution in [0.2, 0.25) is 0 Å². The van der Waals surface area contributed by atoms with Crippen LogP contribution in [0, 0.1) is 0 Å². The number of anilines is 4.